The van der Waals surface area contributed by atoms with Crippen LogP contribution in [-0.2, 0) is 9.53 Å². The second-order valence-electron chi connectivity index (χ2n) is 7.16. The molecule has 0 spiro atoms. The Hall–Kier alpha value is -4.39. The molecule has 4 aromatic rings. The van der Waals surface area contributed by atoms with Crippen LogP contribution in [0.1, 0.15) is 28.4 Å². The summed E-state index contributed by atoms with van der Waals surface area (Å²) in [6.45, 7) is 1.45. The maximum atomic E-state index is 11.9. The third-order valence-electron chi connectivity index (χ3n) is 4.91. The highest BCUT2D eigenvalue weighted by Gasteiger charge is 2.20. The summed E-state index contributed by atoms with van der Waals surface area (Å²) in [5.74, 6) is -0.667. The summed E-state index contributed by atoms with van der Waals surface area (Å²) < 4.78 is 4.79. The number of anilines is 1. The van der Waals surface area contributed by atoms with E-state index in [2.05, 4.69) is 10.3 Å². The van der Waals surface area contributed by atoms with Gasteiger partial charge >= 0.3 is 5.97 Å². The van der Waals surface area contributed by atoms with Crippen molar-refractivity contribution in [3.8, 4) is 5.88 Å². The maximum absolute atomic E-state index is 11.9. The number of rotatable bonds is 5. The molecule has 1 amide bonds. The molecule has 0 fully saturated rings. The van der Waals surface area contributed by atoms with Crippen LogP contribution in [0.15, 0.2) is 77.8 Å². The number of amides is 1. The van der Waals surface area contributed by atoms with Crippen molar-refractivity contribution >= 4 is 39.9 Å². The Morgan fingerprint density at radius 2 is 1.69 bits per heavy atom. The number of aromatic amines is 1. The van der Waals surface area contributed by atoms with Crippen LogP contribution in [0, 0.1) is 0 Å². The van der Waals surface area contributed by atoms with Gasteiger partial charge in [-0.15, -0.1) is 0 Å². The monoisotopic (exact) mass is 427 g/mol. The van der Waals surface area contributed by atoms with Gasteiger partial charge in [-0.25, -0.2) is 9.79 Å². The lowest BCUT2D eigenvalue weighted by molar-refractivity contribution is -0.114. The molecular formula is C25H21N3O4. The van der Waals surface area contributed by atoms with E-state index in [1.165, 1.54) is 14.0 Å². The number of methoxy groups -OCH3 is 1. The molecule has 3 N–H and O–H groups in total. The zero-order chi connectivity index (χ0) is 22.7. The fraction of sp³-hybridized carbons (Fsp3) is 0.0800. The minimum atomic E-state index is -0.459. The highest BCUT2D eigenvalue weighted by molar-refractivity contribution is 6.22. The SMILES string of the molecule is COC(=O)c1ccc2c(C(=Nc3ccc(NC(C)=O)cc3)c3ccccc3)c(O)[nH]c2c1. The second-order valence-corrected chi connectivity index (χ2v) is 7.16. The number of benzene rings is 3. The Bertz CT molecular complexity index is 1320. The Labute approximate surface area is 184 Å². The number of fused-ring (bicyclic) bond motifs is 1. The predicted octanol–water partition coefficient (Wildman–Crippen LogP) is 4.79. The minimum absolute atomic E-state index is 0.0560. The molecule has 0 unspecified atom stereocenters. The average Bonchev–Trinajstić information content (AvgIpc) is 3.13. The van der Waals surface area contributed by atoms with E-state index in [1.54, 1.807) is 42.5 Å². The summed E-state index contributed by atoms with van der Waals surface area (Å²) in [6.07, 6.45) is 0. The molecule has 0 aliphatic carbocycles. The first-order valence-corrected chi connectivity index (χ1v) is 9.91. The van der Waals surface area contributed by atoms with Gasteiger partial charge in [0.1, 0.15) is 0 Å². The average molecular weight is 427 g/mol. The first-order chi connectivity index (χ1) is 15.5. The topological polar surface area (TPSA) is 104 Å². The molecular weight excluding hydrogens is 406 g/mol. The standard InChI is InChI=1S/C25H21N3O4/c1-15(29)26-18-9-11-19(12-10-18)27-23(16-6-4-3-5-7-16)22-20-13-8-17(25(31)32-2)14-21(20)28-24(22)30/h3-14,28,30H,1-2H3,(H,26,29). The Balaban J connectivity index is 1.86. The van der Waals surface area contributed by atoms with E-state index in [4.69, 9.17) is 9.73 Å². The van der Waals surface area contributed by atoms with Crippen LogP contribution in [0.2, 0.25) is 0 Å². The molecule has 7 heteroatoms. The first kappa shape index (κ1) is 20.9. The van der Waals surface area contributed by atoms with Crippen molar-refractivity contribution in [3.05, 3.63) is 89.5 Å². The highest BCUT2D eigenvalue weighted by Crippen LogP contribution is 2.32. The van der Waals surface area contributed by atoms with Crippen molar-refractivity contribution in [1.29, 1.82) is 0 Å². The second kappa shape index (κ2) is 8.77. The van der Waals surface area contributed by atoms with Gasteiger partial charge in [0.2, 0.25) is 5.91 Å². The molecule has 0 saturated heterocycles. The largest absolute Gasteiger partial charge is 0.494 e. The van der Waals surface area contributed by atoms with Crippen LogP contribution in [0.5, 0.6) is 5.88 Å². The quantitative estimate of drug-likeness (QED) is 0.315. The zero-order valence-corrected chi connectivity index (χ0v) is 17.5. The summed E-state index contributed by atoms with van der Waals surface area (Å²) in [7, 11) is 1.32. The van der Waals surface area contributed by atoms with Crippen LogP contribution in [-0.4, -0.2) is 34.8 Å². The summed E-state index contributed by atoms with van der Waals surface area (Å²) in [6, 6.07) is 21.7. The van der Waals surface area contributed by atoms with Crippen LogP contribution in [0.3, 0.4) is 0 Å². The van der Waals surface area contributed by atoms with Crippen LogP contribution < -0.4 is 5.32 Å². The lowest BCUT2D eigenvalue weighted by Gasteiger charge is -2.08. The number of nitrogens with zero attached hydrogens (tertiary/aromatic N) is 1. The molecule has 7 nitrogen and oxygen atoms in total. The van der Waals surface area contributed by atoms with Gasteiger partial charge in [-0.1, -0.05) is 36.4 Å². The van der Waals surface area contributed by atoms with Crippen molar-refractivity contribution in [3.63, 3.8) is 0 Å². The molecule has 1 heterocycles. The van der Waals surface area contributed by atoms with Gasteiger partial charge in [0, 0.05) is 29.1 Å². The molecule has 0 radical (unpaired) electrons. The molecule has 0 aliphatic heterocycles. The third-order valence-corrected chi connectivity index (χ3v) is 4.91. The lowest BCUT2D eigenvalue weighted by atomic mass is 10.00. The van der Waals surface area contributed by atoms with Crippen LogP contribution in [0.4, 0.5) is 11.4 Å². The summed E-state index contributed by atoms with van der Waals surface area (Å²) in [5.41, 5.74) is 4.18. The van der Waals surface area contributed by atoms with Crippen LogP contribution >= 0.6 is 0 Å². The number of ether oxygens (including phenoxy) is 1. The number of hydrogen-bond acceptors (Lipinski definition) is 5. The number of carbonyl (C=O) groups excluding carboxylic acids is 2. The number of aromatic nitrogens is 1. The van der Waals surface area contributed by atoms with Crippen molar-refractivity contribution in [2.75, 3.05) is 12.4 Å². The van der Waals surface area contributed by atoms with E-state index >= 15 is 0 Å². The fourth-order valence-corrected chi connectivity index (χ4v) is 3.48. The minimum Gasteiger partial charge on any atom is -0.494 e. The summed E-state index contributed by atoms with van der Waals surface area (Å²) >= 11 is 0. The van der Waals surface area contributed by atoms with Crippen molar-refractivity contribution in [2.45, 2.75) is 6.92 Å². The first-order valence-electron chi connectivity index (χ1n) is 9.91. The van der Waals surface area contributed by atoms with Gasteiger partial charge < -0.3 is 20.1 Å². The number of nitrogens with one attached hydrogen (secondary N) is 2. The Morgan fingerprint density at radius 1 is 0.969 bits per heavy atom. The molecule has 0 atom stereocenters. The molecule has 32 heavy (non-hydrogen) atoms. The molecule has 3 aromatic carbocycles. The molecule has 4 rings (SSSR count). The van der Waals surface area contributed by atoms with E-state index in [0.717, 1.165) is 5.56 Å². The van der Waals surface area contributed by atoms with Gasteiger partial charge in [0.15, 0.2) is 5.88 Å². The van der Waals surface area contributed by atoms with Gasteiger partial charge in [-0.3, -0.25) is 4.79 Å². The molecule has 0 saturated carbocycles. The van der Waals surface area contributed by atoms with Gasteiger partial charge in [0.25, 0.3) is 0 Å². The fourth-order valence-electron chi connectivity index (χ4n) is 3.48. The highest BCUT2D eigenvalue weighted by atomic mass is 16.5. The maximum Gasteiger partial charge on any atom is 0.337 e. The number of carbonyl (C=O) groups is 2. The summed E-state index contributed by atoms with van der Waals surface area (Å²) in [5, 5.41) is 14.2. The van der Waals surface area contributed by atoms with E-state index in [0.29, 0.717) is 39.1 Å². The van der Waals surface area contributed by atoms with E-state index in [9.17, 15) is 14.7 Å². The van der Waals surface area contributed by atoms with Crippen molar-refractivity contribution < 1.29 is 19.4 Å². The molecule has 160 valence electrons. The molecule has 0 bridgehead atoms. The van der Waals surface area contributed by atoms with Gasteiger partial charge in [0.05, 0.1) is 29.6 Å². The molecule has 0 aliphatic rings. The van der Waals surface area contributed by atoms with Crippen LogP contribution in [0.25, 0.3) is 10.9 Å². The van der Waals surface area contributed by atoms with Gasteiger partial charge in [-0.2, -0.15) is 0 Å². The number of H-pyrrole nitrogens is 1. The number of aliphatic imine (C=N–C) groups is 1. The van der Waals surface area contributed by atoms with Gasteiger partial charge in [-0.05, 0) is 36.4 Å². The molecule has 1 aromatic heterocycles. The van der Waals surface area contributed by atoms with Crippen molar-refractivity contribution in [2.24, 2.45) is 4.99 Å². The normalized spacial score (nSPS) is 11.4. The number of aromatic hydroxyl groups is 1. The number of hydrogen-bond donors (Lipinski definition) is 3. The zero-order valence-electron chi connectivity index (χ0n) is 17.5. The number of esters is 1. The Kier molecular flexibility index (Phi) is 5.72. The predicted molar refractivity (Wildman–Crippen MR) is 124 cm³/mol. The van der Waals surface area contributed by atoms with E-state index < -0.39 is 5.97 Å². The van der Waals surface area contributed by atoms with E-state index in [1.807, 2.05) is 30.3 Å². The lowest BCUT2D eigenvalue weighted by Crippen LogP contribution is -2.05. The van der Waals surface area contributed by atoms with E-state index in [-0.39, 0.29) is 11.8 Å². The summed E-state index contributed by atoms with van der Waals surface area (Å²) in [4.78, 5) is 30.9. The third kappa shape index (κ3) is 4.22. The Morgan fingerprint density at radius 3 is 2.34 bits per heavy atom. The smallest absolute Gasteiger partial charge is 0.337 e. The van der Waals surface area contributed by atoms with Crippen molar-refractivity contribution in [1.82, 2.24) is 4.98 Å².